The average molecular weight is 373 g/mol. The number of aromatic nitrogens is 6. The van der Waals surface area contributed by atoms with Crippen molar-refractivity contribution in [1.82, 2.24) is 29.9 Å². The van der Waals surface area contributed by atoms with Crippen molar-refractivity contribution in [3.63, 3.8) is 0 Å². The van der Waals surface area contributed by atoms with E-state index < -0.39 is 10.0 Å². The van der Waals surface area contributed by atoms with Gasteiger partial charge < -0.3 is 4.52 Å². The minimum atomic E-state index is -3.81. The van der Waals surface area contributed by atoms with Crippen molar-refractivity contribution < 1.29 is 12.9 Å². The molecule has 0 atom stereocenters. The van der Waals surface area contributed by atoms with Gasteiger partial charge in [0, 0.05) is 0 Å². The molecular weight excluding hydrogens is 358 g/mol. The van der Waals surface area contributed by atoms with Crippen LogP contribution in [0.25, 0.3) is 11.0 Å². The number of rotatable bonds is 5. The summed E-state index contributed by atoms with van der Waals surface area (Å²) in [5, 5.41) is 16.0. The maximum absolute atomic E-state index is 12.5. The molecule has 0 aliphatic carbocycles. The molecule has 1 N–H and O–H groups in total. The van der Waals surface area contributed by atoms with E-state index in [9.17, 15) is 8.42 Å². The summed E-state index contributed by atoms with van der Waals surface area (Å²) in [6, 6.07) is 7.55. The molecule has 0 unspecified atom stereocenters. The summed E-state index contributed by atoms with van der Waals surface area (Å²) in [4.78, 5) is 0.0347. The molecule has 10 nitrogen and oxygen atoms in total. The lowest BCUT2D eigenvalue weighted by Crippen LogP contribution is -2.14. The standard InChI is InChI=1S/C15H15N7O3S/c1-10-15(11(2)25-18-10)26(23,24)19-12-7-16-21(8-12)9-22-14-6-4-3-5-13(14)17-20-22/h3-8,19H,9H2,1-2H3. The molecule has 0 amide bonds. The molecule has 0 bridgehead atoms. The second kappa shape index (κ2) is 5.95. The van der Waals surface area contributed by atoms with Gasteiger partial charge in [-0.15, -0.1) is 5.10 Å². The minimum Gasteiger partial charge on any atom is -0.360 e. The molecule has 0 spiro atoms. The van der Waals surface area contributed by atoms with Crippen molar-refractivity contribution in [1.29, 1.82) is 0 Å². The third-order valence-corrected chi connectivity index (χ3v) is 5.45. The Hall–Kier alpha value is -3.21. The van der Waals surface area contributed by atoms with Crippen molar-refractivity contribution in [2.75, 3.05) is 4.72 Å². The lowest BCUT2D eigenvalue weighted by Gasteiger charge is -2.05. The van der Waals surface area contributed by atoms with Crippen molar-refractivity contribution >= 4 is 26.7 Å². The van der Waals surface area contributed by atoms with Crippen LogP contribution in [0.4, 0.5) is 5.69 Å². The number of hydrogen-bond acceptors (Lipinski definition) is 7. The van der Waals surface area contributed by atoms with Gasteiger partial charge in [0.05, 0.1) is 23.6 Å². The average Bonchev–Trinajstić information content (AvgIpc) is 3.28. The zero-order chi connectivity index (χ0) is 18.3. The van der Waals surface area contributed by atoms with Crippen LogP contribution < -0.4 is 4.72 Å². The maximum Gasteiger partial charge on any atom is 0.267 e. The Labute approximate surface area is 148 Å². The van der Waals surface area contributed by atoms with Crippen LogP contribution >= 0.6 is 0 Å². The van der Waals surface area contributed by atoms with Crippen LogP contribution in [0.5, 0.6) is 0 Å². The lowest BCUT2D eigenvalue weighted by atomic mass is 10.3. The highest BCUT2D eigenvalue weighted by molar-refractivity contribution is 7.92. The van der Waals surface area contributed by atoms with Crippen LogP contribution in [0, 0.1) is 13.8 Å². The van der Waals surface area contributed by atoms with E-state index in [0.29, 0.717) is 18.1 Å². The largest absolute Gasteiger partial charge is 0.360 e. The van der Waals surface area contributed by atoms with Gasteiger partial charge >= 0.3 is 0 Å². The minimum absolute atomic E-state index is 0.0347. The Kier molecular flexibility index (Phi) is 3.72. The Morgan fingerprint density at radius 2 is 2.04 bits per heavy atom. The van der Waals surface area contributed by atoms with Crippen LogP contribution in [0.2, 0.25) is 0 Å². The first-order valence-electron chi connectivity index (χ1n) is 7.70. The fourth-order valence-electron chi connectivity index (χ4n) is 2.72. The number of benzene rings is 1. The Morgan fingerprint density at radius 3 is 2.81 bits per heavy atom. The van der Waals surface area contributed by atoms with Gasteiger partial charge in [0.25, 0.3) is 10.0 Å². The smallest absolute Gasteiger partial charge is 0.267 e. The highest BCUT2D eigenvalue weighted by Crippen LogP contribution is 2.22. The molecule has 0 radical (unpaired) electrons. The second-order valence-electron chi connectivity index (χ2n) is 5.75. The number of anilines is 1. The number of nitrogens with one attached hydrogen (secondary N) is 1. The molecule has 4 aromatic rings. The van der Waals surface area contributed by atoms with E-state index >= 15 is 0 Å². The van der Waals surface area contributed by atoms with Crippen LogP contribution in [-0.2, 0) is 16.7 Å². The predicted molar refractivity (Wildman–Crippen MR) is 91.9 cm³/mol. The Balaban J connectivity index is 1.57. The molecule has 4 rings (SSSR count). The van der Waals surface area contributed by atoms with E-state index in [0.717, 1.165) is 11.0 Å². The highest BCUT2D eigenvalue weighted by Gasteiger charge is 2.24. The van der Waals surface area contributed by atoms with Gasteiger partial charge in [-0.1, -0.05) is 22.5 Å². The van der Waals surface area contributed by atoms with E-state index in [1.807, 2.05) is 24.3 Å². The van der Waals surface area contributed by atoms with Crippen molar-refractivity contribution in [2.24, 2.45) is 0 Å². The Bertz CT molecular complexity index is 1170. The van der Waals surface area contributed by atoms with Gasteiger partial charge in [0.15, 0.2) is 10.7 Å². The quantitative estimate of drug-likeness (QED) is 0.563. The number of aryl methyl sites for hydroxylation is 2. The van der Waals surface area contributed by atoms with Gasteiger partial charge in [0.2, 0.25) is 0 Å². The van der Waals surface area contributed by atoms with Crippen LogP contribution in [-0.4, -0.2) is 38.3 Å². The first-order valence-corrected chi connectivity index (χ1v) is 9.19. The molecule has 0 saturated carbocycles. The number of nitrogens with zero attached hydrogens (tertiary/aromatic N) is 6. The van der Waals surface area contributed by atoms with Gasteiger partial charge in [-0.2, -0.15) is 5.10 Å². The molecule has 11 heteroatoms. The number of fused-ring (bicyclic) bond motifs is 1. The van der Waals surface area contributed by atoms with Crippen molar-refractivity contribution in [3.8, 4) is 0 Å². The first kappa shape index (κ1) is 16.3. The third kappa shape index (κ3) is 2.81. The molecule has 26 heavy (non-hydrogen) atoms. The molecule has 0 aliphatic rings. The van der Waals surface area contributed by atoms with Gasteiger partial charge in [0.1, 0.15) is 17.9 Å². The first-order chi connectivity index (χ1) is 12.4. The van der Waals surface area contributed by atoms with Crippen LogP contribution in [0.15, 0.2) is 46.1 Å². The summed E-state index contributed by atoms with van der Waals surface area (Å²) in [5.41, 5.74) is 2.27. The van der Waals surface area contributed by atoms with E-state index in [1.165, 1.54) is 6.20 Å². The number of para-hydroxylation sites is 1. The highest BCUT2D eigenvalue weighted by atomic mass is 32.2. The summed E-state index contributed by atoms with van der Waals surface area (Å²) in [7, 11) is -3.81. The third-order valence-electron chi connectivity index (χ3n) is 3.82. The summed E-state index contributed by atoms with van der Waals surface area (Å²) < 4.78 is 35.7. The summed E-state index contributed by atoms with van der Waals surface area (Å²) in [6.07, 6.45) is 3.00. The zero-order valence-electron chi connectivity index (χ0n) is 14.0. The number of hydrogen-bond donors (Lipinski definition) is 1. The molecule has 3 aromatic heterocycles. The van der Waals surface area contributed by atoms with Crippen molar-refractivity contribution in [3.05, 3.63) is 48.1 Å². The maximum atomic E-state index is 12.5. The SMILES string of the molecule is Cc1noc(C)c1S(=O)(=O)Nc1cnn(Cn2nnc3ccccc32)c1. The fraction of sp³-hybridized carbons (Fsp3) is 0.200. The molecular formula is C15H15N7O3S. The monoisotopic (exact) mass is 373 g/mol. The lowest BCUT2D eigenvalue weighted by molar-refractivity contribution is 0.390. The fourth-order valence-corrected chi connectivity index (χ4v) is 4.08. The molecule has 0 fully saturated rings. The van der Waals surface area contributed by atoms with E-state index in [4.69, 9.17) is 4.52 Å². The van der Waals surface area contributed by atoms with E-state index in [-0.39, 0.29) is 10.7 Å². The van der Waals surface area contributed by atoms with Gasteiger partial charge in [-0.25, -0.2) is 17.8 Å². The number of sulfonamides is 1. The summed E-state index contributed by atoms with van der Waals surface area (Å²) in [5.74, 6) is 0.233. The topological polar surface area (TPSA) is 121 Å². The molecule has 1 aromatic carbocycles. The van der Waals surface area contributed by atoms with Crippen LogP contribution in [0.3, 0.4) is 0 Å². The second-order valence-corrected chi connectivity index (χ2v) is 7.37. The normalized spacial score (nSPS) is 11.9. The van der Waals surface area contributed by atoms with Crippen LogP contribution in [0.1, 0.15) is 11.5 Å². The van der Waals surface area contributed by atoms with E-state index in [2.05, 4.69) is 25.3 Å². The predicted octanol–water partition coefficient (Wildman–Crippen LogP) is 1.54. The molecule has 0 saturated heterocycles. The molecule has 134 valence electrons. The summed E-state index contributed by atoms with van der Waals surface area (Å²) in [6.45, 7) is 3.42. The summed E-state index contributed by atoms with van der Waals surface area (Å²) >= 11 is 0. The Morgan fingerprint density at radius 1 is 1.23 bits per heavy atom. The molecule has 3 heterocycles. The van der Waals surface area contributed by atoms with Gasteiger partial charge in [-0.05, 0) is 26.0 Å². The van der Waals surface area contributed by atoms with E-state index in [1.54, 1.807) is 29.4 Å². The molecule has 0 aliphatic heterocycles. The zero-order valence-corrected chi connectivity index (χ0v) is 14.8. The van der Waals surface area contributed by atoms with Gasteiger partial charge in [-0.3, -0.25) is 4.72 Å². The van der Waals surface area contributed by atoms with Crippen molar-refractivity contribution in [2.45, 2.75) is 25.4 Å².